The van der Waals surface area contributed by atoms with Crippen LogP contribution in [0.2, 0.25) is 0 Å². The predicted octanol–water partition coefficient (Wildman–Crippen LogP) is 4.13. The van der Waals surface area contributed by atoms with Gasteiger partial charge in [0.1, 0.15) is 0 Å². The minimum absolute atomic E-state index is 0.443. The molecule has 0 saturated heterocycles. The number of hydrogen-bond acceptors (Lipinski definition) is 2. The summed E-state index contributed by atoms with van der Waals surface area (Å²) in [5.74, 6) is 0. The summed E-state index contributed by atoms with van der Waals surface area (Å²) in [6.45, 7) is 4.99. The van der Waals surface area contributed by atoms with Gasteiger partial charge in [0.25, 0.3) is 0 Å². The molecule has 0 unspecified atom stereocenters. The Bertz CT molecular complexity index is 619. The zero-order valence-corrected chi connectivity index (χ0v) is 12.1. The van der Waals surface area contributed by atoms with E-state index >= 15 is 0 Å². The number of aliphatic hydroxyl groups excluding tert-OH is 1. The van der Waals surface area contributed by atoms with Crippen molar-refractivity contribution in [2.24, 2.45) is 0 Å². The highest BCUT2D eigenvalue weighted by atomic mass is 16.3. The molecule has 1 heterocycles. The smallest absolute Gasteiger partial charge is 0.0782 e. The minimum Gasteiger partial charge on any atom is -0.389 e. The van der Waals surface area contributed by atoms with E-state index in [0.717, 1.165) is 30.6 Å². The topological polar surface area (TPSA) is 23.5 Å². The van der Waals surface area contributed by atoms with Gasteiger partial charge in [-0.3, -0.25) is 0 Å². The van der Waals surface area contributed by atoms with Crippen molar-refractivity contribution in [1.29, 1.82) is 0 Å². The molecule has 0 fully saturated rings. The van der Waals surface area contributed by atoms with Crippen molar-refractivity contribution in [1.82, 2.24) is 0 Å². The Morgan fingerprint density at radius 1 is 1.10 bits per heavy atom. The van der Waals surface area contributed by atoms with Crippen LogP contribution in [-0.2, 0) is 6.42 Å². The lowest BCUT2D eigenvalue weighted by Gasteiger charge is -2.33. The molecule has 3 rings (SSSR count). The number of rotatable bonds is 2. The Kier molecular flexibility index (Phi) is 3.49. The maximum Gasteiger partial charge on any atom is 0.0782 e. The largest absolute Gasteiger partial charge is 0.389 e. The van der Waals surface area contributed by atoms with Gasteiger partial charge in [0, 0.05) is 23.5 Å². The van der Waals surface area contributed by atoms with Gasteiger partial charge in [0.15, 0.2) is 0 Å². The Balaban J connectivity index is 2.09. The summed E-state index contributed by atoms with van der Waals surface area (Å²) in [5, 5.41) is 10.0. The molecule has 0 spiro atoms. The molecule has 104 valence electrons. The molecule has 1 N–H and O–H groups in total. The molecular formula is C18H21NO. The van der Waals surface area contributed by atoms with Gasteiger partial charge in [-0.1, -0.05) is 35.9 Å². The maximum absolute atomic E-state index is 10.0. The SMILES string of the molecule is Cc1ccc2c(c1)CCCN2c1ccccc1[C@@H](C)O. The average molecular weight is 267 g/mol. The van der Waals surface area contributed by atoms with E-state index in [1.54, 1.807) is 0 Å². The molecule has 0 saturated carbocycles. The fraction of sp³-hybridized carbons (Fsp3) is 0.333. The molecule has 2 heteroatoms. The lowest BCUT2D eigenvalue weighted by Crippen LogP contribution is -2.25. The van der Waals surface area contributed by atoms with Gasteiger partial charge in [-0.05, 0) is 44.4 Å². The summed E-state index contributed by atoms with van der Waals surface area (Å²) in [5.41, 5.74) is 6.15. The van der Waals surface area contributed by atoms with E-state index in [1.807, 2.05) is 25.1 Å². The number of hydrogen-bond donors (Lipinski definition) is 1. The number of anilines is 2. The van der Waals surface area contributed by atoms with Crippen LogP contribution in [0.15, 0.2) is 42.5 Å². The van der Waals surface area contributed by atoms with Gasteiger partial charge < -0.3 is 10.0 Å². The number of fused-ring (bicyclic) bond motifs is 1. The number of para-hydroxylation sites is 1. The lowest BCUT2D eigenvalue weighted by atomic mass is 9.97. The zero-order chi connectivity index (χ0) is 14.1. The quantitative estimate of drug-likeness (QED) is 0.884. The highest BCUT2D eigenvalue weighted by molar-refractivity contribution is 5.71. The van der Waals surface area contributed by atoms with Gasteiger partial charge in [0.05, 0.1) is 6.10 Å². The monoisotopic (exact) mass is 267 g/mol. The van der Waals surface area contributed by atoms with Crippen molar-refractivity contribution in [2.75, 3.05) is 11.4 Å². The third-order valence-electron chi connectivity index (χ3n) is 4.03. The molecular weight excluding hydrogens is 246 g/mol. The number of nitrogens with zero attached hydrogens (tertiary/aromatic N) is 1. The van der Waals surface area contributed by atoms with E-state index in [0.29, 0.717) is 0 Å². The third-order valence-corrected chi connectivity index (χ3v) is 4.03. The van der Waals surface area contributed by atoms with Crippen LogP contribution in [0.1, 0.15) is 36.1 Å². The summed E-state index contributed by atoms with van der Waals surface area (Å²) >= 11 is 0. The van der Waals surface area contributed by atoms with Crippen LogP contribution in [-0.4, -0.2) is 11.7 Å². The molecule has 1 aliphatic heterocycles. The van der Waals surface area contributed by atoms with Crippen LogP contribution in [0, 0.1) is 6.92 Å². The van der Waals surface area contributed by atoms with Gasteiger partial charge >= 0.3 is 0 Å². The molecule has 0 aromatic heterocycles. The Labute approximate surface area is 120 Å². The molecule has 2 nitrogen and oxygen atoms in total. The third kappa shape index (κ3) is 2.32. The van der Waals surface area contributed by atoms with Crippen molar-refractivity contribution >= 4 is 11.4 Å². The van der Waals surface area contributed by atoms with Crippen LogP contribution >= 0.6 is 0 Å². The second kappa shape index (κ2) is 5.29. The van der Waals surface area contributed by atoms with E-state index in [9.17, 15) is 5.11 Å². The normalized spacial score (nSPS) is 15.8. The molecule has 1 aliphatic rings. The highest BCUT2D eigenvalue weighted by Crippen LogP contribution is 2.37. The Morgan fingerprint density at radius 2 is 1.90 bits per heavy atom. The van der Waals surface area contributed by atoms with Crippen molar-refractivity contribution in [3.8, 4) is 0 Å². The lowest BCUT2D eigenvalue weighted by molar-refractivity contribution is 0.199. The van der Waals surface area contributed by atoms with Crippen molar-refractivity contribution in [2.45, 2.75) is 32.8 Å². The van der Waals surface area contributed by atoms with Crippen LogP contribution in [0.3, 0.4) is 0 Å². The van der Waals surface area contributed by atoms with E-state index < -0.39 is 6.10 Å². The fourth-order valence-electron chi connectivity index (χ4n) is 3.06. The first-order valence-corrected chi connectivity index (χ1v) is 7.31. The molecule has 20 heavy (non-hydrogen) atoms. The summed E-state index contributed by atoms with van der Waals surface area (Å²) < 4.78 is 0. The van der Waals surface area contributed by atoms with Crippen LogP contribution in [0.25, 0.3) is 0 Å². The van der Waals surface area contributed by atoms with E-state index in [4.69, 9.17) is 0 Å². The first kappa shape index (κ1) is 13.2. The van der Waals surface area contributed by atoms with Gasteiger partial charge in [-0.15, -0.1) is 0 Å². The van der Waals surface area contributed by atoms with Gasteiger partial charge in [-0.2, -0.15) is 0 Å². The zero-order valence-electron chi connectivity index (χ0n) is 12.1. The summed E-state index contributed by atoms with van der Waals surface area (Å²) in [7, 11) is 0. The van der Waals surface area contributed by atoms with Gasteiger partial charge in [-0.25, -0.2) is 0 Å². The van der Waals surface area contributed by atoms with Crippen LogP contribution in [0.4, 0.5) is 11.4 Å². The minimum atomic E-state index is -0.443. The molecule has 0 bridgehead atoms. The number of aryl methyl sites for hydroxylation is 2. The molecule has 0 amide bonds. The van der Waals surface area contributed by atoms with E-state index in [1.165, 1.54) is 16.8 Å². The van der Waals surface area contributed by atoms with Crippen molar-refractivity contribution in [3.05, 3.63) is 59.2 Å². The second-order valence-electron chi connectivity index (χ2n) is 5.62. The molecule has 0 aliphatic carbocycles. The maximum atomic E-state index is 10.0. The van der Waals surface area contributed by atoms with E-state index in [-0.39, 0.29) is 0 Å². The standard InChI is InChI=1S/C18H21NO/c1-13-9-10-17-15(12-13)6-5-11-19(17)18-8-4-3-7-16(18)14(2)20/h3-4,7-10,12,14,20H,5-6,11H2,1-2H3/t14-/m1/s1. The summed E-state index contributed by atoms with van der Waals surface area (Å²) in [4.78, 5) is 2.35. The average Bonchev–Trinajstić information content (AvgIpc) is 2.46. The van der Waals surface area contributed by atoms with E-state index in [2.05, 4.69) is 36.1 Å². The number of aliphatic hydroxyl groups is 1. The molecule has 1 atom stereocenters. The fourth-order valence-corrected chi connectivity index (χ4v) is 3.06. The second-order valence-corrected chi connectivity index (χ2v) is 5.62. The first-order valence-electron chi connectivity index (χ1n) is 7.31. The van der Waals surface area contributed by atoms with Crippen molar-refractivity contribution < 1.29 is 5.11 Å². The van der Waals surface area contributed by atoms with Crippen LogP contribution in [0.5, 0.6) is 0 Å². The van der Waals surface area contributed by atoms with Crippen LogP contribution < -0.4 is 4.90 Å². The first-order chi connectivity index (χ1) is 9.66. The number of benzene rings is 2. The molecule has 2 aromatic rings. The summed E-state index contributed by atoms with van der Waals surface area (Å²) in [6.07, 6.45) is 1.86. The molecule has 0 radical (unpaired) electrons. The predicted molar refractivity (Wildman–Crippen MR) is 83.6 cm³/mol. The molecule has 2 aromatic carbocycles. The van der Waals surface area contributed by atoms with Gasteiger partial charge in [0.2, 0.25) is 0 Å². The Hall–Kier alpha value is -1.80. The highest BCUT2D eigenvalue weighted by Gasteiger charge is 2.21. The van der Waals surface area contributed by atoms with Crippen molar-refractivity contribution in [3.63, 3.8) is 0 Å². The Morgan fingerprint density at radius 3 is 2.70 bits per heavy atom. The summed E-state index contributed by atoms with van der Waals surface area (Å²) in [6, 6.07) is 14.8.